The van der Waals surface area contributed by atoms with E-state index >= 15 is 0 Å². The van der Waals surface area contributed by atoms with Crippen molar-refractivity contribution < 1.29 is 9.90 Å². The summed E-state index contributed by atoms with van der Waals surface area (Å²) in [6.07, 6.45) is 2.41. The first kappa shape index (κ1) is 12.5. The number of hydrogen-bond donors (Lipinski definition) is 2. The van der Waals surface area contributed by atoms with E-state index in [4.69, 9.17) is 0 Å². The lowest BCUT2D eigenvalue weighted by atomic mass is 9.95. The molecule has 4 nitrogen and oxygen atoms in total. The molecule has 1 atom stereocenters. The van der Waals surface area contributed by atoms with E-state index in [2.05, 4.69) is 10.2 Å². The van der Waals surface area contributed by atoms with Crippen LogP contribution in [-0.4, -0.2) is 47.7 Å². The molecule has 0 radical (unpaired) electrons. The Morgan fingerprint density at radius 2 is 2.33 bits per heavy atom. The van der Waals surface area contributed by atoms with Crippen LogP contribution in [0.15, 0.2) is 0 Å². The van der Waals surface area contributed by atoms with Crippen molar-refractivity contribution in [3.63, 3.8) is 0 Å². The lowest BCUT2D eigenvalue weighted by Gasteiger charge is -2.36. The molecule has 0 aliphatic carbocycles. The molecule has 1 aliphatic rings. The minimum Gasteiger partial charge on any atom is -0.389 e. The maximum Gasteiger partial charge on any atom is 0.221 e. The molecule has 4 heteroatoms. The Labute approximate surface area is 91.6 Å². The molecule has 0 aromatic rings. The molecular weight excluding hydrogens is 192 g/mol. The van der Waals surface area contributed by atoms with Gasteiger partial charge in [0.15, 0.2) is 0 Å². The predicted octanol–water partition coefficient (Wildman–Crippen LogP) is 0.359. The Kier molecular flexibility index (Phi) is 4.54. The zero-order valence-electron chi connectivity index (χ0n) is 9.75. The third-order valence-electron chi connectivity index (χ3n) is 2.78. The number of β-amino-alcohol motifs (C(OH)–C–C–N with tert-alkyl or cyclic N) is 1. The van der Waals surface area contributed by atoms with Crippen molar-refractivity contribution in [2.45, 2.75) is 38.7 Å². The summed E-state index contributed by atoms with van der Waals surface area (Å²) in [5.41, 5.74) is -0.570. The van der Waals surface area contributed by atoms with Gasteiger partial charge < -0.3 is 10.4 Å². The Morgan fingerprint density at radius 3 is 2.93 bits per heavy atom. The van der Waals surface area contributed by atoms with Crippen LogP contribution in [0.2, 0.25) is 0 Å². The van der Waals surface area contributed by atoms with Gasteiger partial charge in [-0.25, -0.2) is 0 Å². The van der Waals surface area contributed by atoms with Crippen LogP contribution in [0, 0.1) is 0 Å². The highest BCUT2D eigenvalue weighted by Gasteiger charge is 2.28. The topological polar surface area (TPSA) is 52.6 Å². The Bertz CT molecular complexity index is 217. The van der Waals surface area contributed by atoms with Crippen LogP contribution in [0.5, 0.6) is 0 Å². The largest absolute Gasteiger partial charge is 0.389 e. The van der Waals surface area contributed by atoms with Gasteiger partial charge in [-0.1, -0.05) is 0 Å². The van der Waals surface area contributed by atoms with E-state index in [0.29, 0.717) is 19.5 Å². The second-order valence-electron chi connectivity index (χ2n) is 4.58. The Hall–Kier alpha value is -0.610. The molecule has 0 aromatic carbocycles. The van der Waals surface area contributed by atoms with E-state index in [0.717, 1.165) is 25.9 Å². The van der Waals surface area contributed by atoms with Crippen LogP contribution in [0.4, 0.5) is 0 Å². The van der Waals surface area contributed by atoms with Crippen molar-refractivity contribution in [2.75, 3.05) is 26.2 Å². The molecule has 1 aliphatic heterocycles. The van der Waals surface area contributed by atoms with Gasteiger partial charge in [0.2, 0.25) is 5.91 Å². The summed E-state index contributed by atoms with van der Waals surface area (Å²) < 4.78 is 0. The summed E-state index contributed by atoms with van der Waals surface area (Å²) >= 11 is 0. The summed E-state index contributed by atoms with van der Waals surface area (Å²) in [5.74, 6) is 0.0997. The average molecular weight is 214 g/mol. The Balaban J connectivity index is 2.24. The van der Waals surface area contributed by atoms with Crippen LogP contribution in [-0.2, 0) is 4.79 Å². The minimum atomic E-state index is -0.570. The van der Waals surface area contributed by atoms with E-state index in [1.165, 1.54) is 0 Å². The number of likely N-dealkylation sites (tertiary alicyclic amines) is 1. The summed E-state index contributed by atoms with van der Waals surface area (Å²) in [5, 5.41) is 12.6. The van der Waals surface area contributed by atoms with Gasteiger partial charge in [0.1, 0.15) is 0 Å². The average Bonchev–Trinajstić information content (AvgIpc) is 2.14. The summed E-state index contributed by atoms with van der Waals surface area (Å²) in [6, 6.07) is 0. The van der Waals surface area contributed by atoms with Gasteiger partial charge in [-0.3, -0.25) is 9.69 Å². The summed E-state index contributed by atoms with van der Waals surface area (Å²) in [7, 11) is 0. The zero-order chi connectivity index (χ0) is 11.3. The van der Waals surface area contributed by atoms with Gasteiger partial charge in [0.05, 0.1) is 5.60 Å². The van der Waals surface area contributed by atoms with Crippen molar-refractivity contribution in [3.05, 3.63) is 0 Å². The maximum absolute atomic E-state index is 11.2. The zero-order valence-corrected chi connectivity index (χ0v) is 9.75. The number of carbonyl (C=O) groups excluding carboxylic acids is 1. The number of rotatable bonds is 4. The first-order chi connectivity index (χ1) is 7.03. The van der Waals surface area contributed by atoms with E-state index in [1.807, 2.05) is 13.8 Å². The number of carbonyl (C=O) groups is 1. The van der Waals surface area contributed by atoms with Crippen LogP contribution in [0.1, 0.15) is 33.1 Å². The summed E-state index contributed by atoms with van der Waals surface area (Å²) in [4.78, 5) is 13.4. The Morgan fingerprint density at radius 1 is 1.60 bits per heavy atom. The molecule has 15 heavy (non-hydrogen) atoms. The molecule has 0 saturated carbocycles. The number of aliphatic hydroxyl groups is 1. The molecule has 1 unspecified atom stereocenters. The fraction of sp³-hybridized carbons (Fsp3) is 0.909. The lowest BCUT2D eigenvalue weighted by molar-refractivity contribution is -0.121. The first-order valence-corrected chi connectivity index (χ1v) is 5.75. The van der Waals surface area contributed by atoms with E-state index < -0.39 is 5.60 Å². The highest BCUT2D eigenvalue weighted by atomic mass is 16.3. The molecule has 1 fully saturated rings. The third-order valence-corrected chi connectivity index (χ3v) is 2.78. The standard InChI is InChI=1S/C11H22N2O2/c1-3-12-10(14)5-8-13-7-4-6-11(2,15)9-13/h15H,3-9H2,1-2H3,(H,12,14). The number of piperidine rings is 1. The van der Waals surface area contributed by atoms with Gasteiger partial charge in [-0.15, -0.1) is 0 Å². The maximum atomic E-state index is 11.2. The number of hydrogen-bond acceptors (Lipinski definition) is 3. The lowest BCUT2D eigenvalue weighted by Crippen LogP contribution is -2.47. The van der Waals surface area contributed by atoms with Crippen molar-refractivity contribution in [3.8, 4) is 0 Å². The van der Waals surface area contributed by atoms with Crippen LogP contribution >= 0.6 is 0 Å². The second-order valence-corrected chi connectivity index (χ2v) is 4.58. The van der Waals surface area contributed by atoms with E-state index in [1.54, 1.807) is 0 Å². The minimum absolute atomic E-state index is 0.0997. The molecule has 0 aromatic heterocycles. The molecule has 0 bridgehead atoms. The number of nitrogens with zero attached hydrogens (tertiary/aromatic N) is 1. The summed E-state index contributed by atoms with van der Waals surface area (Å²) in [6.45, 7) is 6.91. The van der Waals surface area contributed by atoms with Gasteiger partial charge in [0, 0.05) is 26.1 Å². The monoisotopic (exact) mass is 214 g/mol. The quantitative estimate of drug-likeness (QED) is 0.710. The smallest absolute Gasteiger partial charge is 0.221 e. The molecular formula is C11H22N2O2. The molecule has 1 saturated heterocycles. The van der Waals surface area contributed by atoms with E-state index in [9.17, 15) is 9.90 Å². The normalized spacial score (nSPS) is 27.7. The van der Waals surface area contributed by atoms with Gasteiger partial charge in [-0.2, -0.15) is 0 Å². The van der Waals surface area contributed by atoms with Crippen LogP contribution < -0.4 is 5.32 Å². The fourth-order valence-corrected chi connectivity index (χ4v) is 2.06. The number of amides is 1. The highest BCUT2D eigenvalue weighted by molar-refractivity contribution is 5.75. The SMILES string of the molecule is CCNC(=O)CCN1CCCC(C)(O)C1. The first-order valence-electron chi connectivity index (χ1n) is 5.75. The molecule has 0 spiro atoms. The van der Waals surface area contributed by atoms with Crippen molar-refractivity contribution in [1.29, 1.82) is 0 Å². The van der Waals surface area contributed by atoms with Gasteiger partial charge >= 0.3 is 0 Å². The van der Waals surface area contributed by atoms with Gasteiger partial charge in [-0.05, 0) is 33.2 Å². The van der Waals surface area contributed by atoms with Crippen molar-refractivity contribution >= 4 is 5.91 Å². The third kappa shape index (κ3) is 4.62. The fourth-order valence-electron chi connectivity index (χ4n) is 2.06. The van der Waals surface area contributed by atoms with Gasteiger partial charge in [0.25, 0.3) is 0 Å². The second kappa shape index (κ2) is 5.47. The molecule has 88 valence electrons. The molecule has 1 amide bonds. The number of nitrogens with one attached hydrogen (secondary N) is 1. The van der Waals surface area contributed by atoms with E-state index in [-0.39, 0.29) is 5.91 Å². The highest BCUT2D eigenvalue weighted by Crippen LogP contribution is 2.19. The van der Waals surface area contributed by atoms with Crippen molar-refractivity contribution in [1.82, 2.24) is 10.2 Å². The molecule has 1 heterocycles. The molecule has 1 rings (SSSR count). The van der Waals surface area contributed by atoms with Crippen LogP contribution in [0.3, 0.4) is 0 Å². The van der Waals surface area contributed by atoms with Crippen LogP contribution in [0.25, 0.3) is 0 Å². The molecule has 2 N–H and O–H groups in total. The van der Waals surface area contributed by atoms with Crippen molar-refractivity contribution in [2.24, 2.45) is 0 Å². The predicted molar refractivity (Wildman–Crippen MR) is 59.6 cm³/mol.